The Balaban J connectivity index is 1.72. The van der Waals surface area contributed by atoms with Crippen molar-refractivity contribution in [2.75, 3.05) is 40.0 Å². The Morgan fingerprint density at radius 2 is 2.08 bits per heavy atom. The number of alkyl halides is 1. The number of hydrogen-bond acceptors (Lipinski definition) is 5. The van der Waals surface area contributed by atoms with Crippen LogP contribution in [0.5, 0.6) is 11.5 Å². The Labute approximate surface area is 211 Å². The van der Waals surface area contributed by atoms with E-state index in [0.717, 1.165) is 28.9 Å². The van der Waals surface area contributed by atoms with Gasteiger partial charge in [0, 0.05) is 41.3 Å². The third-order valence-electron chi connectivity index (χ3n) is 6.95. The highest BCUT2D eigenvalue weighted by Crippen LogP contribution is 2.44. The molecule has 0 spiro atoms. The lowest BCUT2D eigenvalue weighted by atomic mass is 9.87. The van der Waals surface area contributed by atoms with Gasteiger partial charge in [-0.2, -0.15) is 0 Å². The van der Waals surface area contributed by atoms with Crippen LogP contribution in [0.2, 0.25) is 0 Å². The first-order chi connectivity index (χ1) is 17.4. The Hall–Kier alpha value is -3.10. The molecule has 36 heavy (non-hydrogen) atoms. The second kappa shape index (κ2) is 11.8. The quantitative estimate of drug-likeness (QED) is 0.318. The van der Waals surface area contributed by atoms with Crippen molar-refractivity contribution in [2.24, 2.45) is 5.92 Å². The molecule has 2 heterocycles. The molecular formula is C28H36FN3O4. The highest BCUT2D eigenvalue weighted by atomic mass is 19.1. The average molecular weight is 498 g/mol. The van der Waals surface area contributed by atoms with Gasteiger partial charge in [-0.05, 0) is 56.1 Å². The van der Waals surface area contributed by atoms with Gasteiger partial charge in [-0.25, -0.2) is 0 Å². The molecule has 0 radical (unpaired) electrons. The van der Waals surface area contributed by atoms with Crippen molar-refractivity contribution in [1.29, 1.82) is 0 Å². The van der Waals surface area contributed by atoms with E-state index in [-0.39, 0.29) is 18.8 Å². The summed E-state index contributed by atoms with van der Waals surface area (Å²) in [7, 11) is 1.65. The van der Waals surface area contributed by atoms with Crippen molar-refractivity contribution in [1.82, 2.24) is 15.2 Å². The molecule has 0 amide bonds. The number of rotatable bonds is 12. The van der Waals surface area contributed by atoms with E-state index in [1.165, 1.54) is 10.9 Å². The molecule has 4 rings (SSSR count). The number of nitrogens with zero attached hydrogens (tertiary/aromatic N) is 1. The molecule has 0 bridgehead atoms. The molecule has 0 saturated heterocycles. The van der Waals surface area contributed by atoms with Gasteiger partial charge in [-0.3, -0.25) is 14.1 Å². The molecule has 0 aliphatic carbocycles. The summed E-state index contributed by atoms with van der Waals surface area (Å²) in [4.78, 5) is 17.7. The zero-order chi connectivity index (χ0) is 25.7. The monoisotopic (exact) mass is 497 g/mol. The first-order valence-corrected chi connectivity index (χ1v) is 12.6. The number of carboxylic acids is 1. The zero-order valence-electron chi connectivity index (χ0n) is 21.2. The van der Waals surface area contributed by atoms with Crippen molar-refractivity contribution in [3.05, 3.63) is 59.3 Å². The SMILES string of the molecule is COc1ccc(OCCNCCCF)cc1C1c2[nH]c3ccccc3c2CC(C)N1CC(C)C(=O)O. The van der Waals surface area contributed by atoms with Crippen LogP contribution in [0.1, 0.15) is 43.1 Å². The van der Waals surface area contributed by atoms with Gasteiger partial charge >= 0.3 is 5.97 Å². The molecule has 7 nitrogen and oxygen atoms in total. The van der Waals surface area contributed by atoms with Crippen LogP contribution < -0.4 is 14.8 Å². The summed E-state index contributed by atoms with van der Waals surface area (Å²) in [6, 6.07) is 14.0. The van der Waals surface area contributed by atoms with Gasteiger partial charge in [0.15, 0.2) is 0 Å². The number of halogens is 1. The number of carboxylic acid groups (broad SMARTS) is 1. The highest BCUT2D eigenvalue weighted by molar-refractivity contribution is 5.85. The Morgan fingerprint density at radius 3 is 2.83 bits per heavy atom. The van der Waals surface area contributed by atoms with Crippen molar-refractivity contribution in [2.45, 2.75) is 38.8 Å². The zero-order valence-corrected chi connectivity index (χ0v) is 21.2. The number of H-pyrrole nitrogens is 1. The maximum Gasteiger partial charge on any atom is 0.307 e. The minimum atomic E-state index is -0.812. The molecule has 1 aliphatic heterocycles. The number of ether oxygens (including phenoxy) is 2. The van der Waals surface area contributed by atoms with Crippen LogP contribution in [-0.2, 0) is 11.2 Å². The van der Waals surface area contributed by atoms with Crippen LogP contribution in [-0.4, -0.2) is 67.0 Å². The summed E-state index contributed by atoms with van der Waals surface area (Å²) >= 11 is 0. The molecule has 3 atom stereocenters. The van der Waals surface area contributed by atoms with E-state index >= 15 is 0 Å². The Bertz CT molecular complexity index is 1180. The van der Waals surface area contributed by atoms with E-state index in [9.17, 15) is 14.3 Å². The fourth-order valence-corrected chi connectivity index (χ4v) is 5.09. The molecule has 1 aliphatic rings. The molecule has 2 aromatic carbocycles. The van der Waals surface area contributed by atoms with E-state index in [0.29, 0.717) is 38.4 Å². The third-order valence-corrected chi connectivity index (χ3v) is 6.95. The third kappa shape index (κ3) is 5.50. The lowest BCUT2D eigenvalue weighted by molar-refractivity contribution is -0.142. The maximum absolute atomic E-state index is 12.3. The summed E-state index contributed by atoms with van der Waals surface area (Å²) in [5.41, 5.74) is 4.32. The topological polar surface area (TPSA) is 86.8 Å². The highest BCUT2D eigenvalue weighted by Gasteiger charge is 2.38. The van der Waals surface area contributed by atoms with Gasteiger partial charge in [-0.1, -0.05) is 25.1 Å². The molecule has 194 valence electrons. The molecule has 8 heteroatoms. The van der Waals surface area contributed by atoms with Crippen LogP contribution in [0.15, 0.2) is 42.5 Å². The lowest BCUT2D eigenvalue weighted by Crippen LogP contribution is -2.45. The largest absolute Gasteiger partial charge is 0.496 e. The number of nitrogens with one attached hydrogen (secondary N) is 2. The normalized spacial score (nSPS) is 18.7. The lowest BCUT2D eigenvalue weighted by Gasteiger charge is -2.42. The number of aliphatic carboxylic acids is 1. The summed E-state index contributed by atoms with van der Waals surface area (Å²) in [5.74, 6) is 0.0923. The molecule has 3 unspecified atom stereocenters. The molecule has 3 N–H and O–H groups in total. The average Bonchev–Trinajstić information content (AvgIpc) is 3.24. The van der Waals surface area contributed by atoms with Crippen molar-refractivity contribution in [3.8, 4) is 11.5 Å². The number of aromatic nitrogens is 1. The maximum atomic E-state index is 12.3. The van der Waals surface area contributed by atoms with E-state index in [1.807, 2.05) is 30.3 Å². The van der Waals surface area contributed by atoms with E-state index in [2.05, 4.69) is 34.3 Å². The number of hydrogen-bond donors (Lipinski definition) is 3. The summed E-state index contributed by atoms with van der Waals surface area (Å²) in [5, 5.41) is 14.0. The van der Waals surface area contributed by atoms with Gasteiger partial charge in [0.05, 0.1) is 25.7 Å². The minimum Gasteiger partial charge on any atom is -0.496 e. The smallest absolute Gasteiger partial charge is 0.307 e. The molecule has 0 saturated carbocycles. The van der Waals surface area contributed by atoms with Crippen LogP contribution >= 0.6 is 0 Å². The first-order valence-electron chi connectivity index (χ1n) is 12.6. The number of carbonyl (C=O) groups is 1. The minimum absolute atomic E-state index is 0.123. The second-order valence-corrected chi connectivity index (χ2v) is 9.50. The number of para-hydroxylation sites is 1. The van der Waals surface area contributed by atoms with Crippen molar-refractivity contribution in [3.63, 3.8) is 0 Å². The summed E-state index contributed by atoms with van der Waals surface area (Å²) in [6.45, 7) is 5.67. The molecule has 0 fully saturated rings. The van der Waals surface area contributed by atoms with Crippen LogP contribution in [0.4, 0.5) is 4.39 Å². The Morgan fingerprint density at radius 1 is 1.28 bits per heavy atom. The molecule has 1 aromatic heterocycles. The van der Waals surface area contributed by atoms with Crippen molar-refractivity contribution >= 4 is 16.9 Å². The second-order valence-electron chi connectivity index (χ2n) is 9.50. The van der Waals surface area contributed by atoms with Crippen LogP contribution in [0, 0.1) is 5.92 Å². The number of benzene rings is 2. The van der Waals surface area contributed by atoms with Gasteiger partial charge in [0.1, 0.15) is 18.1 Å². The van der Waals surface area contributed by atoms with E-state index in [4.69, 9.17) is 9.47 Å². The van der Waals surface area contributed by atoms with Gasteiger partial charge in [0.25, 0.3) is 0 Å². The number of aromatic amines is 1. The predicted molar refractivity (Wildman–Crippen MR) is 139 cm³/mol. The molecular weight excluding hydrogens is 461 g/mol. The Kier molecular flexibility index (Phi) is 8.48. The van der Waals surface area contributed by atoms with E-state index in [1.54, 1.807) is 14.0 Å². The number of fused-ring (bicyclic) bond motifs is 3. The van der Waals surface area contributed by atoms with Crippen LogP contribution in [0.3, 0.4) is 0 Å². The van der Waals surface area contributed by atoms with Gasteiger partial charge < -0.3 is 24.9 Å². The fraction of sp³-hybridized carbons (Fsp3) is 0.464. The predicted octanol–water partition coefficient (Wildman–Crippen LogP) is 4.56. The van der Waals surface area contributed by atoms with Gasteiger partial charge in [0.2, 0.25) is 0 Å². The standard InChI is InChI=1S/C28H36FN3O4/c1-18(28(33)34)17-32-19(2)15-22-21-7-4-5-8-24(21)31-26(22)27(32)23-16-20(9-10-25(23)35-3)36-14-13-30-12-6-11-29/h4-5,7-10,16,18-19,27,30-31H,6,11-15,17H2,1-3H3,(H,33,34). The summed E-state index contributed by atoms with van der Waals surface area (Å²) in [6.07, 6.45) is 1.31. The van der Waals surface area contributed by atoms with Crippen LogP contribution in [0.25, 0.3) is 10.9 Å². The molecule has 3 aromatic rings. The summed E-state index contributed by atoms with van der Waals surface area (Å²) < 4.78 is 24.1. The fourth-order valence-electron chi connectivity index (χ4n) is 5.09. The number of methoxy groups -OCH3 is 1. The van der Waals surface area contributed by atoms with Crippen molar-refractivity contribution < 1.29 is 23.8 Å². The van der Waals surface area contributed by atoms with E-state index < -0.39 is 11.9 Å². The van der Waals surface area contributed by atoms with Gasteiger partial charge in [-0.15, -0.1) is 0 Å². The first kappa shape index (κ1) is 26.0.